The molecule has 0 radical (unpaired) electrons. The van der Waals surface area contributed by atoms with Gasteiger partial charge in [0, 0.05) is 37.8 Å². The molecule has 15 heteroatoms. The minimum Gasteiger partial charge on any atom is -0.458 e. The summed E-state index contributed by atoms with van der Waals surface area (Å²) in [5, 5.41) is 11.7. The highest BCUT2D eigenvalue weighted by Gasteiger charge is 2.59. The summed E-state index contributed by atoms with van der Waals surface area (Å²) >= 11 is 0. The first-order valence-electron chi connectivity index (χ1n) is 20.8. The van der Waals surface area contributed by atoms with Crippen molar-refractivity contribution in [1.82, 2.24) is 4.90 Å². The maximum absolute atomic E-state index is 14.5. The van der Waals surface area contributed by atoms with Crippen LogP contribution in [0.4, 0.5) is 4.79 Å². The molecule has 4 aliphatic heterocycles. The number of carbonyl (C=O) groups excluding carboxylic acids is 4. The maximum Gasteiger partial charge on any atom is 0.509 e. The Balaban J connectivity index is 1.84. The van der Waals surface area contributed by atoms with Crippen LogP contribution in [0.3, 0.4) is 0 Å². The van der Waals surface area contributed by atoms with Crippen LogP contribution in [0, 0.1) is 29.1 Å². The van der Waals surface area contributed by atoms with Crippen molar-refractivity contribution in [2.75, 3.05) is 21.2 Å². The molecular weight excluding hydrogens is 742 g/mol. The van der Waals surface area contributed by atoms with Gasteiger partial charge in [0.15, 0.2) is 30.4 Å². The Morgan fingerprint density at radius 2 is 1.54 bits per heavy atom. The second-order valence-electron chi connectivity index (χ2n) is 18.3. The van der Waals surface area contributed by atoms with Crippen LogP contribution in [0.25, 0.3) is 0 Å². The zero-order valence-corrected chi connectivity index (χ0v) is 36.9. The van der Waals surface area contributed by atoms with E-state index in [0.29, 0.717) is 12.8 Å². The van der Waals surface area contributed by atoms with E-state index in [-0.39, 0.29) is 37.2 Å². The van der Waals surface area contributed by atoms with E-state index in [2.05, 4.69) is 0 Å². The number of ether oxygens (including phenoxy) is 9. The van der Waals surface area contributed by atoms with Gasteiger partial charge in [-0.3, -0.25) is 14.4 Å². The average molecular weight is 814 g/mol. The van der Waals surface area contributed by atoms with Crippen molar-refractivity contribution in [1.29, 1.82) is 0 Å². The Kier molecular flexibility index (Phi) is 15.3. The van der Waals surface area contributed by atoms with E-state index in [0.717, 1.165) is 0 Å². The number of carbonyl (C=O) groups is 4. The molecule has 0 amide bonds. The Hall–Kier alpha value is -2.40. The summed E-state index contributed by atoms with van der Waals surface area (Å²) in [6.07, 6.45) is -7.76. The fourth-order valence-corrected chi connectivity index (χ4v) is 9.81. The number of nitrogens with zero attached hydrogens (tertiary/aromatic N) is 1. The first-order valence-corrected chi connectivity index (χ1v) is 20.8. The molecule has 17 atom stereocenters. The van der Waals surface area contributed by atoms with Crippen LogP contribution in [0.15, 0.2) is 0 Å². The number of ketones is 1. The van der Waals surface area contributed by atoms with Crippen molar-refractivity contribution < 1.29 is 66.9 Å². The van der Waals surface area contributed by atoms with E-state index in [1.54, 1.807) is 41.5 Å². The van der Waals surface area contributed by atoms with Crippen LogP contribution in [0.1, 0.15) is 115 Å². The van der Waals surface area contributed by atoms with E-state index in [4.69, 9.17) is 42.6 Å². The number of likely N-dealkylation sites (N-methyl/N-ethyl adjacent to an activating group) is 1. The van der Waals surface area contributed by atoms with Gasteiger partial charge in [-0.05, 0) is 73.4 Å². The molecule has 0 aromatic rings. The number of Topliss-reactive ketones (excluding diaryl/α,β-unsaturated/α-hetero) is 1. The predicted molar refractivity (Wildman–Crippen MR) is 207 cm³/mol. The zero-order chi connectivity index (χ0) is 42.9. The summed E-state index contributed by atoms with van der Waals surface area (Å²) in [5.74, 6) is -4.08. The quantitative estimate of drug-likeness (QED) is 0.237. The molecule has 4 saturated heterocycles. The number of rotatable bonds is 9. The number of aliphatic hydroxyl groups is 1. The van der Waals surface area contributed by atoms with Crippen molar-refractivity contribution in [3.05, 3.63) is 0 Å². The predicted octanol–water partition coefficient (Wildman–Crippen LogP) is 5.20. The van der Waals surface area contributed by atoms with E-state index in [1.807, 2.05) is 60.5 Å². The van der Waals surface area contributed by atoms with Crippen LogP contribution in [0.2, 0.25) is 0 Å². The molecule has 15 nitrogen and oxygen atoms in total. The average Bonchev–Trinajstić information content (AvgIpc) is 3.46. The number of hydrogen-bond donors (Lipinski definition) is 1. The van der Waals surface area contributed by atoms with Gasteiger partial charge in [0.1, 0.15) is 23.6 Å². The van der Waals surface area contributed by atoms with Crippen LogP contribution in [-0.4, -0.2) is 134 Å². The molecule has 4 aliphatic rings. The Morgan fingerprint density at radius 3 is 2.12 bits per heavy atom. The molecule has 328 valence electrons. The Morgan fingerprint density at radius 1 is 0.895 bits per heavy atom. The summed E-state index contributed by atoms with van der Waals surface area (Å²) in [4.78, 5) is 56.0. The van der Waals surface area contributed by atoms with Crippen LogP contribution in [0.5, 0.6) is 0 Å². The largest absolute Gasteiger partial charge is 0.509 e. The van der Waals surface area contributed by atoms with Gasteiger partial charge < -0.3 is 52.6 Å². The lowest BCUT2D eigenvalue weighted by Gasteiger charge is -2.50. The van der Waals surface area contributed by atoms with Gasteiger partial charge in [-0.1, -0.05) is 48.5 Å². The first kappa shape index (κ1) is 47.3. The summed E-state index contributed by atoms with van der Waals surface area (Å²) < 4.78 is 56.0. The van der Waals surface area contributed by atoms with Gasteiger partial charge in [-0.2, -0.15) is 0 Å². The molecule has 4 rings (SSSR count). The molecule has 0 aromatic carbocycles. The van der Waals surface area contributed by atoms with E-state index < -0.39 is 114 Å². The lowest BCUT2D eigenvalue weighted by atomic mass is 9.69. The van der Waals surface area contributed by atoms with Crippen LogP contribution in [-0.2, 0) is 57.0 Å². The van der Waals surface area contributed by atoms with Gasteiger partial charge in [-0.25, -0.2) is 4.79 Å². The molecule has 16 unspecified atom stereocenters. The van der Waals surface area contributed by atoms with Gasteiger partial charge in [0.05, 0.1) is 36.3 Å². The van der Waals surface area contributed by atoms with Crippen molar-refractivity contribution >= 4 is 23.9 Å². The van der Waals surface area contributed by atoms with Gasteiger partial charge in [0.2, 0.25) is 0 Å². The highest BCUT2D eigenvalue weighted by Crippen LogP contribution is 2.45. The standard InChI is InChI=1S/C42H71NO14/c1-16-28-42(12)35(56-39(48)57-42)23(5)31(45)21(3)19-40(9,10)34(55-38-32(46)27(43(13)14)18-22(4)50-38)24(6)33(25(7)37(47)52-28)54-30-20-41(11,49-15)36(26(8)51-30)53-29(44)17-2/h21-28,30,32-36,38,46H,16-20H2,1-15H3/t21?,22?,23?,24?,25?,26?,27?,28-,30?,32?,33?,34?,35?,36?,38?,41?,42?/m1/s1. The number of fused-ring (bicyclic) bond motifs is 1. The fraction of sp³-hybridized carbons (Fsp3) is 0.905. The van der Waals surface area contributed by atoms with Crippen molar-refractivity contribution in [3.8, 4) is 0 Å². The third-order valence-corrected chi connectivity index (χ3v) is 13.1. The summed E-state index contributed by atoms with van der Waals surface area (Å²) in [6, 6.07) is -0.256. The van der Waals surface area contributed by atoms with Crippen LogP contribution < -0.4 is 0 Å². The molecule has 4 heterocycles. The topological polar surface area (TPSA) is 175 Å². The molecule has 0 saturated carbocycles. The van der Waals surface area contributed by atoms with E-state index >= 15 is 0 Å². The normalized spacial score (nSPS) is 44.6. The number of cyclic esters (lactones) is 1. The summed E-state index contributed by atoms with van der Waals surface area (Å²) in [5.41, 5.74) is -3.27. The molecule has 0 aliphatic carbocycles. The van der Waals surface area contributed by atoms with E-state index in [9.17, 15) is 24.3 Å². The Labute approximate surface area is 339 Å². The first-order chi connectivity index (χ1) is 26.4. The van der Waals surface area contributed by atoms with Gasteiger partial charge in [-0.15, -0.1) is 0 Å². The molecule has 0 aromatic heterocycles. The third kappa shape index (κ3) is 9.98. The van der Waals surface area contributed by atoms with Gasteiger partial charge in [0.25, 0.3) is 0 Å². The number of methoxy groups -OCH3 is 1. The smallest absolute Gasteiger partial charge is 0.458 e. The second kappa shape index (κ2) is 18.5. The minimum absolute atomic E-state index is 0.149. The zero-order valence-electron chi connectivity index (χ0n) is 36.9. The molecule has 1 N–H and O–H groups in total. The minimum atomic E-state index is -1.45. The van der Waals surface area contributed by atoms with Crippen molar-refractivity contribution in [3.63, 3.8) is 0 Å². The highest BCUT2D eigenvalue weighted by atomic mass is 16.8. The second-order valence-corrected chi connectivity index (χ2v) is 18.3. The summed E-state index contributed by atoms with van der Waals surface area (Å²) in [7, 11) is 5.34. The monoisotopic (exact) mass is 813 g/mol. The molecular formula is C42H71NO14. The Bertz CT molecular complexity index is 1420. The number of esters is 2. The lowest BCUT2D eigenvalue weighted by Crippen LogP contribution is -2.60. The molecule has 0 bridgehead atoms. The van der Waals surface area contributed by atoms with Crippen LogP contribution >= 0.6 is 0 Å². The molecule has 4 fully saturated rings. The fourth-order valence-electron chi connectivity index (χ4n) is 9.81. The third-order valence-electron chi connectivity index (χ3n) is 13.1. The molecule has 57 heavy (non-hydrogen) atoms. The van der Waals surface area contributed by atoms with Crippen molar-refractivity contribution in [2.45, 2.75) is 194 Å². The van der Waals surface area contributed by atoms with Gasteiger partial charge >= 0.3 is 18.1 Å². The number of aliphatic hydroxyl groups excluding tert-OH is 1. The number of hydrogen-bond acceptors (Lipinski definition) is 15. The summed E-state index contributed by atoms with van der Waals surface area (Å²) in [6.45, 7) is 21.9. The lowest BCUT2D eigenvalue weighted by molar-refractivity contribution is -0.314. The molecule has 0 spiro atoms. The van der Waals surface area contributed by atoms with E-state index in [1.165, 1.54) is 7.11 Å². The highest BCUT2D eigenvalue weighted by molar-refractivity contribution is 5.84. The maximum atomic E-state index is 14.5. The SMILES string of the molecule is CCC(=O)OC1C(C)OC(OC2C(C)C(=O)O[C@H](CC)C3(C)OC(=O)OC3C(C)C(=O)C(C)CC(C)(C)C(OC3OC(C)CC(N(C)C)C3O)C2C)CC1(C)OC. The van der Waals surface area contributed by atoms with Crippen molar-refractivity contribution in [2.24, 2.45) is 29.1 Å².